The van der Waals surface area contributed by atoms with E-state index in [4.69, 9.17) is 17.2 Å². The molecule has 0 saturated carbocycles. The fourth-order valence-electron chi connectivity index (χ4n) is 2.47. The Labute approximate surface area is 179 Å². The van der Waals surface area contributed by atoms with Crippen LogP contribution in [0.5, 0.6) is 0 Å². The molecule has 10 N–H and O–H groups in total. The van der Waals surface area contributed by atoms with Crippen molar-refractivity contribution in [2.24, 2.45) is 17.2 Å². The van der Waals surface area contributed by atoms with Gasteiger partial charge in [0.2, 0.25) is 23.6 Å². The number of amides is 4. The van der Waals surface area contributed by atoms with Crippen molar-refractivity contribution in [1.29, 1.82) is 0 Å². The van der Waals surface area contributed by atoms with Crippen LogP contribution in [0, 0.1) is 0 Å². The topological polar surface area (TPSA) is 220 Å². The van der Waals surface area contributed by atoms with Crippen LogP contribution in [-0.4, -0.2) is 77.9 Å². The third-order valence-electron chi connectivity index (χ3n) is 4.05. The number of unbranched alkanes of at least 4 members (excludes halogenated alkanes) is 1. The van der Waals surface area contributed by atoms with Gasteiger partial charge in [0.25, 0.3) is 0 Å². The maximum absolute atomic E-state index is 12.7. The molecule has 0 aliphatic heterocycles. The lowest BCUT2D eigenvalue weighted by Gasteiger charge is -2.24. The Morgan fingerprint density at radius 1 is 0.900 bits per heavy atom. The van der Waals surface area contributed by atoms with E-state index >= 15 is 0 Å². The van der Waals surface area contributed by atoms with E-state index in [2.05, 4.69) is 16.0 Å². The number of rotatable bonds is 16. The first kappa shape index (κ1) is 27.6. The highest BCUT2D eigenvalue weighted by atomic mass is 32.2. The van der Waals surface area contributed by atoms with Crippen molar-refractivity contribution in [3.05, 3.63) is 0 Å². The second-order valence-electron chi connectivity index (χ2n) is 6.52. The maximum Gasteiger partial charge on any atom is 0.326 e. The van der Waals surface area contributed by atoms with E-state index in [9.17, 15) is 29.1 Å². The van der Waals surface area contributed by atoms with Gasteiger partial charge in [-0.2, -0.15) is 11.8 Å². The first-order valence-electron chi connectivity index (χ1n) is 9.46. The van der Waals surface area contributed by atoms with Gasteiger partial charge < -0.3 is 38.3 Å². The molecule has 0 aliphatic carbocycles. The van der Waals surface area contributed by atoms with Crippen molar-refractivity contribution >= 4 is 41.4 Å². The summed E-state index contributed by atoms with van der Waals surface area (Å²) >= 11 is 1.48. The lowest BCUT2D eigenvalue weighted by atomic mass is 10.1. The number of carbonyl (C=O) groups excluding carboxylic acids is 4. The zero-order valence-corrected chi connectivity index (χ0v) is 17.8. The van der Waals surface area contributed by atoms with Crippen LogP contribution in [0.4, 0.5) is 0 Å². The summed E-state index contributed by atoms with van der Waals surface area (Å²) in [6.45, 7) is 0.0848. The van der Waals surface area contributed by atoms with Crippen molar-refractivity contribution < 1.29 is 29.1 Å². The SMILES string of the molecule is CSCCC(NC(=O)CN)C(=O)NC(CCCCN)C(=O)NC(CC(N)=O)C(=O)O. The maximum atomic E-state index is 12.7. The smallest absolute Gasteiger partial charge is 0.326 e. The van der Waals surface area contributed by atoms with E-state index in [1.807, 2.05) is 6.26 Å². The van der Waals surface area contributed by atoms with Crippen molar-refractivity contribution in [3.63, 3.8) is 0 Å². The van der Waals surface area contributed by atoms with Crippen LogP contribution in [0.1, 0.15) is 32.1 Å². The number of hydrogen-bond acceptors (Lipinski definition) is 8. The summed E-state index contributed by atoms with van der Waals surface area (Å²) in [5.74, 6) is -3.64. The Hall–Kier alpha value is -2.38. The van der Waals surface area contributed by atoms with E-state index in [-0.39, 0.29) is 13.0 Å². The van der Waals surface area contributed by atoms with Crippen molar-refractivity contribution in [3.8, 4) is 0 Å². The van der Waals surface area contributed by atoms with Crippen LogP contribution in [0.2, 0.25) is 0 Å². The van der Waals surface area contributed by atoms with E-state index < -0.39 is 54.1 Å². The summed E-state index contributed by atoms with van der Waals surface area (Å²) in [4.78, 5) is 59.2. The van der Waals surface area contributed by atoms with Gasteiger partial charge >= 0.3 is 5.97 Å². The monoisotopic (exact) mass is 448 g/mol. The molecule has 4 amide bonds. The number of carboxylic acids is 1. The standard InChI is InChI=1S/C17H32N6O6S/c1-30-7-5-11(21-14(25)9-19)16(27)22-10(4-2-3-6-18)15(26)23-12(17(28)29)8-13(20)24/h10-12H,2-9,18-19H2,1H3,(H2,20,24)(H,21,25)(H,22,27)(H,23,26)(H,28,29). The minimum absolute atomic E-state index is 0.192. The van der Waals surface area contributed by atoms with Crippen LogP contribution in [0.25, 0.3) is 0 Å². The predicted molar refractivity (Wildman–Crippen MR) is 112 cm³/mol. The Balaban J connectivity index is 5.32. The number of aliphatic carboxylic acids is 1. The summed E-state index contributed by atoms with van der Waals surface area (Å²) < 4.78 is 0. The molecular formula is C17H32N6O6S. The molecular weight excluding hydrogens is 416 g/mol. The van der Waals surface area contributed by atoms with Gasteiger partial charge in [-0.15, -0.1) is 0 Å². The summed E-state index contributed by atoms with van der Waals surface area (Å²) in [5.41, 5.74) is 15.8. The van der Waals surface area contributed by atoms with E-state index in [1.165, 1.54) is 11.8 Å². The molecule has 0 fully saturated rings. The number of primary amides is 1. The fraction of sp³-hybridized carbons (Fsp3) is 0.706. The third kappa shape index (κ3) is 11.6. The number of nitrogens with two attached hydrogens (primary N) is 3. The average Bonchev–Trinajstić information content (AvgIpc) is 2.68. The molecule has 12 nitrogen and oxygen atoms in total. The predicted octanol–water partition coefficient (Wildman–Crippen LogP) is -2.76. The molecule has 0 aromatic carbocycles. The highest BCUT2D eigenvalue weighted by Crippen LogP contribution is 2.06. The van der Waals surface area contributed by atoms with Gasteiger partial charge in [-0.3, -0.25) is 19.2 Å². The highest BCUT2D eigenvalue weighted by Gasteiger charge is 2.29. The first-order chi connectivity index (χ1) is 14.2. The number of nitrogens with one attached hydrogen (secondary N) is 3. The average molecular weight is 449 g/mol. The Kier molecular flexibility index (Phi) is 14.2. The zero-order valence-electron chi connectivity index (χ0n) is 17.0. The summed E-state index contributed by atoms with van der Waals surface area (Å²) in [5, 5.41) is 16.4. The second kappa shape index (κ2) is 15.5. The first-order valence-corrected chi connectivity index (χ1v) is 10.9. The number of carbonyl (C=O) groups is 5. The molecule has 0 aliphatic rings. The van der Waals surface area contributed by atoms with Gasteiger partial charge in [-0.25, -0.2) is 4.79 Å². The van der Waals surface area contributed by atoms with Crippen LogP contribution >= 0.6 is 11.8 Å². The number of thioether (sulfide) groups is 1. The summed E-state index contributed by atoms with van der Waals surface area (Å²) in [6, 6.07) is -3.50. The van der Waals surface area contributed by atoms with Crippen molar-refractivity contribution in [1.82, 2.24) is 16.0 Å². The van der Waals surface area contributed by atoms with Gasteiger partial charge in [-0.05, 0) is 44.2 Å². The van der Waals surface area contributed by atoms with Gasteiger partial charge in [0, 0.05) is 0 Å². The lowest BCUT2D eigenvalue weighted by Crippen LogP contribution is -2.56. The van der Waals surface area contributed by atoms with Crippen molar-refractivity contribution in [2.45, 2.75) is 50.2 Å². The van der Waals surface area contributed by atoms with Gasteiger partial charge in [0.15, 0.2) is 0 Å². The molecule has 0 bridgehead atoms. The molecule has 0 heterocycles. The minimum Gasteiger partial charge on any atom is -0.480 e. The molecule has 13 heteroatoms. The Bertz CT molecular complexity index is 605. The van der Waals surface area contributed by atoms with Gasteiger partial charge in [0.1, 0.15) is 18.1 Å². The normalized spacial score (nSPS) is 13.6. The molecule has 0 spiro atoms. The minimum atomic E-state index is -1.52. The zero-order chi connectivity index (χ0) is 23.1. The van der Waals surface area contributed by atoms with Gasteiger partial charge in [-0.1, -0.05) is 0 Å². The fourth-order valence-corrected chi connectivity index (χ4v) is 2.94. The molecule has 0 aromatic rings. The Morgan fingerprint density at radius 3 is 1.93 bits per heavy atom. The number of carboxylic acid groups (broad SMARTS) is 1. The molecule has 3 atom stereocenters. The molecule has 0 saturated heterocycles. The van der Waals surface area contributed by atoms with E-state index in [0.717, 1.165) is 0 Å². The van der Waals surface area contributed by atoms with E-state index in [1.54, 1.807) is 0 Å². The summed E-state index contributed by atoms with van der Waals surface area (Å²) in [6.07, 6.45) is 2.84. The van der Waals surface area contributed by atoms with Crippen LogP contribution in [0.3, 0.4) is 0 Å². The third-order valence-corrected chi connectivity index (χ3v) is 4.69. The van der Waals surface area contributed by atoms with Crippen molar-refractivity contribution in [2.75, 3.05) is 25.1 Å². The molecule has 172 valence electrons. The molecule has 0 aromatic heterocycles. The van der Waals surface area contributed by atoms with Crippen LogP contribution in [-0.2, 0) is 24.0 Å². The van der Waals surface area contributed by atoms with Crippen LogP contribution < -0.4 is 33.2 Å². The second-order valence-corrected chi connectivity index (χ2v) is 7.51. The van der Waals surface area contributed by atoms with Gasteiger partial charge in [0.05, 0.1) is 13.0 Å². The molecule has 0 radical (unpaired) electrons. The lowest BCUT2D eigenvalue weighted by molar-refractivity contribution is -0.143. The highest BCUT2D eigenvalue weighted by molar-refractivity contribution is 7.98. The molecule has 0 rings (SSSR count). The van der Waals surface area contributed by atoms with Crippen LogP contribution in [0.15, 0.2) is 0 Å². The summed E-state index contributed by atoms with van der Waals surface area (Å²) in [7, 11) is 0. The van der Waals surface area contributed by atoms with E-state index in [0.29, 0.717) is 31.6 Å². The molecule has 3 unspecified atom stereocenters. The quantitative estimate of drug-likeness (QED) is 0.121. The molecule has 30 heavy (non-hydrogen) atoms. The Morgan fingerprint density at radius 2 is 1.47 bits per heavy atom. The number of hydrogen-bond donors (Lipinski definition) is 7. The largest absolute Gasteiger partial charge is 0.480 e.